The molecule has 12 heteroatoms. The zero-order chi connectivity index (χ0) is 43.0. The van der Waals surface area contributed by atoms with Crippen LogP contribution in [0.2, 0.25) is 0 Å². The van der Waals surface area contributed by atoms with Crippen LogP contribution in [-0.2, 0) is 46.4 Å². The molecule has 0 saturated carbocycles. The van der Waals surface area contributed by atoms with Gasteiger partial charge in [0.05, 0.1) is 46.4 Å². The Bertz CT molecular complexity index is 1260. The lowest BCUT2D eigenvalue weighted by molar-refractivity contribution is -0.697. The fraction of sp³-hybridized carbons (Fsp3) is 0.870. The first kappa shape index (κ1) is 56.2. The number of rotatable bonds is 37. The molecule has 0 saturated heterocycles. The van der Waals surface area contributed by atoms with E-state index in [0.29, 0.717) is 12.5 Å². The Morgan fingerprint density at radius 3 is 0.828 bits per heavy atom. The van der Waals surface area contributed by atoms with Crippen molar-refractivity contribution in [1.82, 2.24) is 9.13 Å². The van der Waals surface area contributed by atoms with Crippen molar-refractivity contribution in [2.75, 3.05) is 12.5 Å². The van der Waals surface area contributed by atoms with E-state index in [4.69, 9.17) is 25.9 Å². The zero-order valence-corrected chi connectivity index (χ0v) is 39.6. The molecule has 0 bridgehead atoms. The van der Waals surface area contributed by atoms with Gasteiger partial charge in [0.15, 0.2) is 0 Å². The number of imidazole rings is 2. The van der Waals surface area contributed by atoms with E-state index >= 15 is 0 Å². The minimum atomic E-state index is -3.92. The monoisotopic (exact) mass is 859 g/mol. The fourth-order valence-corrected chi connectivity index (χ4v) is 7.33. The fourth-order valence-electron chi connectivity index (χ4n) is 7.33. The van der Waals surface area contributed by atoms with Gasteiger partial charge >= 0.3 is 0 Å². The molecule has 2 heterocycles. The van der Waals surface area contributed by atoms with E-state index in [1.807, 2.05) is 0 Å². The van der Waals surface area contributed by atoms with E-state index in [1.54, 1.807) is 0 Å². The van der Waals surface area contributed by atoms with Gasteiger partial charge in [0, 0.05) is 12.5 Å². The van der Waals surface area contributed by atoms with Crippen molar-refractivity contribution in [1.29, 1.82) is 0 Å². The van der Waals surface area contributed by atoms with Crippen molar-refractivity contribution < 1.29 is 35.1 Å². The van der Waals surface area contributed by atoms with Gasteiger partial charge < -0.3 is 9.11 Å². The quantitative estimate of drug-likeness (QED) is 0.0377. The highest BCUT2D eigenvalue weighted by Crippen LogP contribution is 2.14. The van der Waals surface area contributed by atoms with Gasteiger partial charge in [-0.05, 0) is 51.4 Å². The third-order valence-electron chi connectivity index (χ3n) is 10.6. The topological polar surface area (TPSA) is 132 Å². The molecule has 2 aromatic rings. The molecule has 2 rings (SSSR count). The minimum Gasteiger partial charge on any atom is -0.748 e. The summed E-state index contributed by atoms with van der Waals surface area (Å²) < 4.78 is 64.1. The van der Waals surface area contributed by atoms with Crippen molar-refractivity contribution in [3.8, 4) is 0 Å². The molecule has 0 aliphatic heterocycles. The first-order valence-electron chi connectivity index (χ1n) is 23.7. The molecule has 342 valence electrons. The average Bonchev–Trinajstić information content (AvgIpc) is 3.81. The molecule has 0 atom stereocenters. The van der Waals surface area contributed by atoms with E-state index < -0.39 is 20.2 Å². The van der Waals surface area contributed by atoms with Gasteiger partial charge in [0.1, 0.15) is 24.8 Å². The zero-order valence-electron chi connectivity index (χ0n) is 38.0. The molecule has 10 nitrogen and oxygen atoms in total. The maximum absolute atomic E-state index is 9.08. The lowest BCUT2D eigenvalue weighted by Crippen LogP contribution is -2.30. The van der Waals surface area contributed by atoms with Crippen LogP contribution in [0.4, 0.5) is 0 Å². The smallest absolute Gasteiger partial charge is 0.243 e. The van der Waals surface area contributed by atoms with Crippen molar-refractivity contribution >= 4 is 20.2 Å². The molecule has 0 radical (unpaired) electrons. The molecule has 0 spiro atoms. The van der Waals surface area contributed by atoms with Gasteiger partial charge in [-0.15, -0.1) is 0 Å². The van der Waals surface area contributed by atoms with E-state index in [-0.39, 0.29) is 0 Å². The molecule has 0 fully saturated rings. The van der Waals surface area contributed by atoms with Crippen LogP contribution in [0.5, 0.6) is 0 Å². The van der Waals surface area contributed by atoms with Gasteiger partial charge in [-0.3, -0.25) is 0 Å². The van der Waals surface area contributed by atoms with E-state index in [0.717, 1.165) is 0 Å². The number of hydrogen-bond donors (Lipinski definition) is 0. The predicted octanol–water partition coefficient (Wildman–Crippen LogP) is 11.4. The Morgan fingerprint density at radius 2 is 0.586 bits per heavy atom. The number of nitrogens with zero attached hydrogens (tertiary/aromatic N) is 4. The summed E-state index contributed by atoms with van der Waals surface area (Å²) in [4.78, 5) is 0. The second-order valence-corrected chi connectivity index (χ2v) is 19.6. The molecule has 0 N–H and O–H groups in total. The van der Waals surface area contributed by atoms with Crippen molar-refractivity contribution in [3.05, 3.63) is 37.4 Å². The minimum absolute atomic E-state index is 0.604. The molecule has 0 unspecified atom stereocenters. The molecule has 58 heavy (non-hydrogen) atoms. The summed E-state index contributed by atoms with van der Waals surface area (Å²) in [5, 5.41) is 0. The highest BCUT2D eigenvalue weighted by molar-refractivity contribution is 7.85. The summed E-state index contributed by atoms with van der Waals surface area (Å²) in [7, 11) is -7.83. The standard InChI is InChI=1S/C44H84N4.2CH4O3S/c1-3-5-7-9-11-19-23-27-31-35-45-39-41-47(43-45)37-33-29-25-21-17-15-13-14-16-18-22-26-30-34-38-48-42-40-46(44-48)36-32-28-24-20-12-10-8-6-4-2;2*1-5(2,3)4/h39-44H,3-38H2,1-2H3;2*1H3,(H,2,3,4)/q+2;;/p-2. The lowest BCUT2D eigenvalue weighted by Gasteiger charge is -2.03. The molecule has 0 aliphatic carbocycles. The van der Waals surface area contributed by atoms with Crippen LogP contribution in [0, 0.1) is 0 Å². The predicted molar refractivity (Wildman–Crippen MR) is 240 cm³/mol. The Kier molecular flexibility index (Phi) is 38.2. The molecule has 0 amide bonds. The summed E-state index contributed by atoms with van der Waals surface area (Å²) in [5.74, 6) is 0. The van der Waals surface area contributed by atoms with Crippen LogP contribution in [0.15, 0.2) is 37.4 Å². The van der Waals surface area contributed by atoms with E-state index in [2.05, 4.69) is 69.6 Å². The highest BCUT2D eigenvalue weighted by atomic mass is 32.2. The number of aryl methyl sites for hydroxylation is 4. The average molecular weight is 859 g/mol. The van der Waals surface area contributed by atoms with Crippen LogP contribution >= 0.6 is 0 Å². The summed E-state index contributed by atoms with van der Waals surface area (Å²) in [6.45, 7) is 9.37. The second-order valence-electron chi connectivity index (χ2n) is 16.8. The maximum atomic E-state index is 9.08. The highest BCUT2D eigenvalue weighted by Gasteiger charge is 2.05. The first-order chi connectivity index (χ1) is 27.8. The van der Waals surface area contributed by atoms with E-state index in [1.165, 1.54) is 232 Å². The van der Waals surface area contributed by atoms with Crippen molar-refractivity contribution in [2.45, 2.75) is 245 Å². The van der Waals surface area contributed by atoms with Gasteiger partial charge in [0.2, 0.25) is 12.7 Å². The Hall–Kier alpha value is -1.76. The SMILES string of the molecule is CCCCCCCCCCC[n+]1ccn(CCCCCCCCCCCCCCCCn2cc[n+](CCCCCCCCCCC)c2)c1.CS(=O)(=O)[O-].CS(=O)(=O)[O-]. The van der Waals surface area contributed by atoms with Crippen LogP contribution in [-0.4, -0.2) is 47.6 Å². The Morgan fingerprint density at radius 1 is 0.379 bits per heavy atom. The maximum Gasteiger partial charge on any atom is 0.243 e. The van der Waals surface area contributed by atoms with Crippen LogP contribution < -0.4 is 9.13 Å². The third-order valence-corrected chi connectivity index (χ3v) is 10.6. The van der Waals surface area contributed by atoms with Gasteiger partial charge in [0.25, 0.3) is 0 Å². The normalized spacial score (nSPS) is 11.6. The van der Waals surface area contributed by atoms with Gasteiger partial charge in [-0.25, -0.2) is 35.1 Å². The Balaban J connectivity index is 0.00000288. The van der Waals surface area contributed by atoms with Crippen LogP contribution in [0.3, 0.4) is 0 Å². The summed E-state index contributed by atoms with van der Waals surface area (Å²) in [6, 6.07) is 0. The van der Waals surface area contributed by atoms with Gasteiger partial charge in [-0.1, -0.05) is 168 Å². The van der Waals surface area contributed by atoms with Crippen LogP contribution in [0.1, 0.15) is 219 Å². The summed E-state index contributed by atoms with van der Waals surface area (Å²) in [5.41, 5.74) is 0. The van der Waals surface area contributed by atoms with Crippen LogP contribution in [0.25, 0.3) is 0 Å². The molecule has 2 aromatic heterocycles. The van der Waals surface area contributed by atoms with E-state index in [9.17, 15) is 0 Å². The first-order valence-corrected chi connectivity index (χ1v) is 27.4. The largest absolute Gasteiger partial charge is 0.748 e. The lowest BCUT2D eigenvalue weighted by atomic mass is 10.0. The number of hydrogen-bond acceptors (Lipinski definition) is 6. The second kappa shape index (κ2) is 39.4. The third kappa shape index (κ3) is 46.9. The Labute approximate surface area is 358 Å². The summed E-state index contributed by atoms with van der Waals surface area (Å²) >= 11 is 0. The molecule has 0 aromatic carbocycles. The summed E-state index contributed by atoms with van der Waals surface area (Å²) in [6.07, 6.45) is 60.2. The molecule has 0 aliphatic rings. The number of aromatic nitrogens is 4. The molecular weight excluding hydrogens is 769 g/mol. The number of unbranched alkanes of at least 4 members (excludes halogenated alkanes) is 29. The van der Waals surface area contributed by atoms with Gasteiger partial charge in [-0.2, -0.15) is 0 Å². The molecular formula is C46H90N4O6S2. The van der Waals surface area contributed by atoms with Crippen molar-refractivity contribution in [3.63, 3.8) is 0 Å². The van der Waals surface area contributed by atoms with Crippen molar-refractivity contribution in [2.24, 2.45) is 0 Å².